The van der Waals surface area contributed by atoms with Crippen LogP contribution in [-0.2, 0) is 6.61 Å². The summed E-state index contributed by atoms with van der Waals surface area (Å²) in [5.41, 5.74) is 2.45. The number of aromatic nitrogens is 1. The van der Waals surface area contributed by atoms with E-state index in [1.165, 1.54) is 0 Å². The molecule has 0 saturated carbocycles. The average Bonchev–Trinajstić information content (AvgIpc) is 2.79. The standard InChI is InChI=1S/C10H11N3O2/c11-13-9-4-1-5-10(12-9)15-7-8-3-2-6-14-8/h1-6H,7,11H2,(H,12,13). The van der Waals surface area contributed by atoms with Gasteiger partial charge in [-0.15, -0.1) is 0 Å². The molecule has 0 aliphatic heterocycles. The van der Waals surface area contributed by atoms with Crippen molar-refractivity contribution in [3.63, 3.8) is 0 Å². The van der Waals surface area contributed by atoms with Gasteiger partial charge in [-0.2, -0.15) is 4.98 Å². The first-order chi connectivity index (χ1) is 7.38. The molecular weight excluding hydrogens is 194 g/mol. The van der Waals surface area contributed by atoms with E-state index in [4.69, 9.17) is 15.0 Å². The van der Waals surface area contributed by atoms with Crippen molar-refractivity contribution in [1.29, 1.82) is 0 Å². The molecule has 78 valence electrons. The van der Waals surface area contributed by atoms with E-state index in [0.717, 1.165) is 5.76 Å². The van der Waals surface area contributed by atoms with Gasteiger partial charge in [-0.1, -0.05) is 6.07 Å². The largest absolute Gasteiger partial charge is 0.469 e. The number of anilines is 1. The second kappa shape index (κ2) is 4.47. The summed E-state index contributed by atoms with van der Waals surface area (Å²) in [6, 6.07) is 8.96. The SMILES string of the molecule is NNc1cccc(OCc2ccco2)n1. The predicted octanol–water partition coefficient (Wildman–Crippen LogP) is 1.54. The number of hydrazine groups is 1. The maximum Gasteiger partial charge on any atom is 0.215 e. The summed E-state index contributed by atoms with van der Waals surface area (Å²) in [6.07, 6.45) is 1.60. The third-order valence-electron chi connectivity index (χ3n) is 1.81. The van der Waals surface area contributed by atoms with Crippen LogP contribution in [0.5, 0.6) is 5.88 Å². The molecule has 0 radical (unpaired) electrons. The Hall–Kier alpha value is -2.01. The van der Waals surface area contributed by atoms with Gasteiger partial charge < -0.3 is 14.6 Å². The number of hydrogen-bond donors (Lipinski definition) is 2. The molecule has 0 aliphatic rings. The maximum atomic E-state index is 5.39. The third-order valence-corrected chi connectivity index (χ3v) is 1.81. The van der Waals surface area contributed by atoms with Gasteiger partial charge in [0.25, 0.3) is 0 Å². The number of nitrogen functional groups attached to an aromatic ring is 1. The number of pyridine rings is 1. The molecule has 2 rings (SSSR count). The summed E-state index contributed by atoms with van der Waals surface area (Å²) in [6.45, 7) is 0.355. The van der Waals surface area contributed by atoms with E-state index in [0.29, 0.717) is 18.3 Å². The smallest absolute Gasteiger partial charge is 0.215 e. The molecule has 0 saturated heterocycles. The van der Waals surface area contributed by atoms with E-state index in [1.807, 2.05) is 12.1 Å². The Morgan fingerprint density at radius 2 is 2.27 bits per heavy atom. The van der Waals surface area contributed by atoms with Gasteiger partial charge in [0.15, 0.2) is 0 Å². The Bertz CT molecular complexity index is 414. The fourth-order valence-electron chi connectivity index (χ4n) is 1.12. The first-order valence-corrected chi connectivity index (χ1v) is 4.47. The van der Waals surface area contributed by atoms with Crippen LogP contribution in [0, 0.1) is 0 Å². The Labute approximate surface area is 86.8 Å². The lowest BCUT2D eigenvalue weighted by atomic mass is 10.4. The Balaban J connectivity index is 1.98. The fraction of sp³-hybridized carbons (Fsp3) is 0.100. The molecule has 0 spiro atoms. The maximum absolute atomic E-state index is 5.39. The summed E-state index contributed by atoms with van der Waals surface area (Å²) in [4.78, 5) is 4.09. The number of nitrogens with zero attached hydrogens (tertiary/aromatic N) is 1. The molecule has 0 unspecified atom stereocenters. The number of ether oxygens (including phenoxy) is 1. The van der Waals surface area contributed by atoms with Gasteiger partial charge in [0, 0.05) is 6.07 Å². The molecule has 0 aliphatic carbocycles. The first kappa shape index (κ1) is 9.54. The lowest BCUT2D eigenvalue weighted by molar-refractivity contribution is 0.261. The van der Waals surface area contributed by atoms with Crippen LogP contribution in [0.1, 0.15) is 5.76 Å². The van der Waals surface area contributed by atoms with Crippen molar-refractivity contribution in [3.8, 4) is 5.88 Å². The van der Waals surface area contributed by atoms with Gasteiger partial charge in [-0.05, 0) is 18.2 Å². The highest BCUT2D eigenvalue weighted by atomic mass is 16.5. The van der Waals surface area contributed by atoms with E-state index in [9.17, 15) is 0 Å². The van der Waals surface area contributed by atoms with Crippen molar-refractivity contribution >= 4 is 5.82 Å². The van der Waals surface area contributed by atoms with Crippen molar-refractivity contribution in [2.24, 2.45) is 5.84 Å². The molecular formula is C10H11N3O2. The zero-order valence-corrected chi connectivity index (χ0v) is 8.01. The topological polar surface area (TPSA) is 73.3 Å². The number of rotatable bonds is 4. The summed E-state index contributed by atoms with van der Waals surface area (Å²) in [5.74, 6) is 7.04. The van der Waals surface area contributed by atoms with Gasteiger partial charge in [-0.25, -0.2) is 5.84 Å². The van der Waals surface area contributed by atoms with E-state index in [-0.39, 0.29) is 0 Å². The van der Waals surface area contributed by atoms with Crippen LogP contribution in [0.3, 0.4) is 0 Å². The van der Waals surface area contributed by atoms with Gasteiger partial charge in [-0.3, -0.25) is 0 Å². The minimum absolute atomic E-state index is 0.355. The highest BCUT2D eigenvalue weighted by molar-refractivity contribution is 5.35. The third kappa shape index (κ3) is 2.47. The lowest BCUT2D eigenvalue weighted by Crippen LogP contribution is -2.08. The van der Waals surface area contributed by atoms with Crippen LogP contribution < -0.4 is 16.0 Å². The highest BCUT2D eigenvalue weighted by Crippen LogP contribution is 2.12. The monoisotopic (exact) mass is 205 g/mol. The van der Waals surface area contributed by atoms with Crippen LogP contribution in [0.2, 0.25) is 0 Å². The molecule has 0 aromatic carbocycles. The minimum atomic E-state index is 0.355. The molecule has 0 atom stereocenters. The van der Waals surface area contributed by atoms with E-state index >= 15 is 0 Å². The van der Waals surface area contributed by atoms with E-state index in [2.05, 4.69) is 10.4 Å². The van der Waals surface area contributed by atoms with Crippen molar-refractivity contribution in [1.82, 2.24) is 4.98 Å². The quantitative estimate of drug-likeness (QED) is 0.585. The lowest BCUT2D eigenvalue weighted by Gasteiger charge is -2.04. The predicted molar refractivity (Wildman–Crippen MR) is 55.1 cm³/mol. The molecule has 15 heavy (non-hydrogen) atoms. The van der Waals surface area contributed by atoms with Crippen molar-refractivity contribution in [3.05, 3.63) is 42.4 Å². The minimum Gasteiger partial charge on any atom is -0.469 e. The van der Waals surface area contributed by atoms with Crippen LogP contribution in [-0.4, -0.2) is 4.98 Å². The van der Waals surface area contributed by atoms with Gasteiger partial charge in [0.1, 0.15) is 18.2 Å². The second-order valence-electron chi connectivity index (χ2n) is 2.87. The molecule has 2 aromatic rings. The molecule has 2 aromatic heterocycles. The van der Waals surface area contributed by atoms with Gasteiger partial charge >= 0.3 is 0 Å². The first-order valence-electron chi connectivity index (χ1n) is 4.47. The Morgan fingerprint density at radius 1 is 1.33 bits per heavy atom. The average molecular weight is 205 g/mol. The summed E-state index contributed by atoms with van der Waals surface area (Å²) in [5, 5.41) is 0. The zero-order chi connectivity index (χ0) is 10.5. The molecule has 5 heteroatoms. The molecule has 5 nitrogen and oxygen atoms in total. The van der Waals surface area contributed by atoms with Crippen LogP contribution in [0.4, 0.5) is 5.82 Å². The Morgan fingerprint density at radius 3 is 3.00 bits per heavy atom. The van der Waals surface area contributed by atoms with Crippen LogP contribution in [0.15, 0.2) is 41.0 Å². The molecule has 0 fully saturated rings. The normalized spacial score (nSPS) is 9.93. The number of nitrogens with two attached hydrogens (primary N) is 1. The molecule has 3 N–H and O–H groups in total. The molecule has 0 amide bonds. The van der Waals surface area contributed by atoms with E-state index in [1.54, 1.807) is 24.5 Å². The van der Waals surface area contributed by atoms with Crippen molar-refractivity contribution in [2.75, 3.05) is 5.43 Å². The fourth-order valence-corrected chi connectivity index (χ4v) is 1.12. The molecule has 0 bridgehead atoms. The zero-order valence-electron chi connectivity index (χ0n) is 8.01. The molecule has 2 heterocycles. The van der Waals surface area contributed by atoms with Crippen molar-refractivity contribution < 1.29 is 9.15 Å². The summed E-state index contributed by atoms with van der Waals surface area (Å²) < 4.78 is 10.5. The highest BCUT2D eigenvalue weighted by Gasteiger charge is 1.99. The van der Waals surface area contributed by atoms with Crippen LogP contribution >= 0.6 is 0 Å². The van der Waals surface area contributed by atoms with E-state index < -0.39 is 0 Å². The van der Waals surface area contributed by atoms with Gasteiger partial charge in [0.05, 0.1) is 6.26 Å². The number of hydrogen-bond acceptors (Lipinski definition) is 5. The number of nitrogens with one attached hydrogen (secondary N) is 1. The number of furan rings is 1. The van der Waals surface area contributed by atoms with Gasteiger partial charge in [0.2, 0.25) is 5.88 Å². The summed E-state index contributed by atoms with van der Waals surface area (Å²) >= 11 is 0. The summed E-state index contributed by atoms with van der Waals surface area (Å²) in [7, 11) is 0. The van der Waals surface area contributed by atoms with Crippen LogP contribution in [0.25, 0.3) is 0 Å². The van der Waals surface area contributed by atoms with Crippen molar-refractivity contribution in [2.45, 2.75) is 6.61 Å². The second-order valence-corrected chi connectivity index (χ2v) is 2.87. The Kier molecular flexibility index (Phi) is 2.85.